The van der Waals surface area contributed by atoms with Crippen molar-refractivity contribution in [1.82, 2.24) is 5.32 Å². The molecule has 5 aliphatic rings. The summed E-state index contributed by atoms with van der Waals surface area (Å²) in [5, 5.41) is 3.26. The first-order chi connectivity index (χ1) is 14.0. The van der Waals surface area contributed by atoms with Crippen molar-refractivity contribution in [3.8, 4) is 5.75 Å². The van der Waals surface area contributed by atoms with Crippen LogP contribution in [0.15, 0.2) is 24.3 Å². The van der Waals surface area contributed by atoms with Gasteiger partial charge in [0.1, 0.15) is 5.75 Å². The van der Waals surface area contributed by atoms with Crippen LogP contribution in [0.25, 0.3) is 0 Å². The van der Waals surface area contributed by atoms with E-state index in [1.807, 2.05) is 24.3 Å². The highest BCUT2D eigenvalue weighted by molar-refractivity contribution is 5.95. The highest BCUT2D eigenvalue weighted by atomic mass is 16.5. The van der Waals surface area contributed by atoms with E-state index >= 15 is 0 Å². The maximum absolute atomic E-state index is 12.6. The Morgan fingerprint density at radius 2 is 1.90 bits per heavy atom. The lowest BCUT2D eigenvalue weighted by atomic mass is 9.48. The summed E-state index contributed by atoms with van der Waals surface area (Å²) < 4.78 is 5.77. The van der Waals surface area contributed by atoms with Gasteiger partial charge in [-0.1, -0.05) is 6.07 Å². The van der Waals surface area contributed by atoms with E-state index in [2.05, 4.69) is 12.2 Å². The lowest BCUT2D eigenvalue weighted by molar-refractivity contribution is -0.127. The Kier molecular flexibility index (Phi) is 4.79. The van der Waals surface area contributed by atoms with E-state index in [-0.39, 0.29) is 24.5 Å². The van der Waals surface area contributed by atoms with Crippen LogP contribution in [0.3, 0.4) is 0 Å². The van der Waals surface area contributed by atoms with Crippen molar-refractivity contribution < 1.29 is 14.3 Å². The molecule has 4 saturated carbocycles. The normalized spacial score (nSPS) is 33.8. The highest BCUT2D eigenvalue weighted by Crippen LogP contribution is 2.61. The zero-order chi connectivity index (χ0) is 20.0. The van der Waals surface area contributed by atoms with Gasteiger partial charge in [-0.2, -0.15) is 0 Å². The van der Waals surface area contributed by atoms with Crippen LogP contribution in [-0.2, 0) is 9.59 Å². The molecule has 2 amide bonds. The first-order valence-corrected chi connectivity index (χ1v) is 11.3. The molecule has 29 heavy (non-hydrogen) atoms. The molecule has 5 heteroatoms. The number of carbonyl (C=O) groups excluding carboxylic acids is 2. The van der Waals surface area contributed by atoms with Gasteiger partial charge in [0.05, 0.1) is 0 Å². The van der Waals surface area contributed by atoms with Crippen molar-refractivity contribution in [2.45, 2.75) is 64.3 Å². The highest BCUT2D eigenvalue weighted by Gasteiger charge is 2.53. The molecule has 4 aliphatic carbocycles. The van der Waals surface area contributed by atoms with E-state index in [0.29, 0.717) is 17.6 Å². The smallest absolute Gasteiger partial charge is 0.258 e. The number of rotatable bonds is 6. The first-order valence-electron chi connectivity index (χ1n) is 11.3. The van der Waals surface area contributed by atoms with Gasteiger partial charge in [-0.05, 0) is 87.2 Å². The molecule has 5 fully saturated rings. The molecule has 1 saturated heterocycles. The third kappa shape index (κ3) is 3.64. The Balaban J connectivity index is 1.17. The molecule has 1 heterocycles. The molecule has 1 N–H and O–H groups in total. The Bertz CT molecular complexity index is 770. The molecule has 1 unspecified atom stereocenters. The molecule has 6 rings (SSSR count). The molecular formula is C24H32N2O3. The van der Waals surface area contributed by atoms with Gasteiger partial charge in [0, 0.05) is 30.8 Å². The van der Waals surface area contributed by atoms with Crippen molar-refractivity contribution in [2.24, 2.45) is 23.2 Å². The van der Waals surface area contributed by atoms with E-state index in [4.69, 9.17) is 4.74 Å². The number of carbonyl (C=O) groups is 2. The Hall–Kier alpha value is -2.04. The van der Waals surface area contributed by atoms with Crippen LogP contribution < -0.4 is 15.0 Å². The number of nitrogens with one attached hydrogen (secondary N) is 1. The summed E-state index contributed by atoms with van der Waals surface area (Å²) in [6.45, 7) is 2.98. The summed E-state index contributed by atoms with van der Waals surface area (Å²) in [6, 6.07) is 7.72. The summed E-state index contributed by atoms with van der Waals surface area (Å²) in [5.41, 5.74) is 1.16. The largest absolute Gasteiger partial charge is 0.484 e. The van der Waals surface area contributed by atoms with Crippen LogP contribution in [0.5, 0.6) is 5.75 Å². The van der Waals surface area contributed by atoms with Crippen LogP contribution in [0, 0.1) is 23.2 Å². The fraction of sp³-hybridized carbons (Fsp3) is 0.667. The molecule has 1 aromatic rings. The molecular weight excluding hydrogens is 364 g/mol. The predicted molar refractivity (Wildman–Crippen MR) is 112 cm³/mol. The standard InChI is InChI=1S/C24H32N2O3/c1-16(24-12-17-8-18(13-24)10-19(9-17)14-24)25-22(27)15-29-21-5-2-4-20(11-21)26-7-3-6-23(26)28/h2,4-5,11,16-19H,3,6-10,12-15H2,1H3,(H,25,27). The molecule has 0 radical (unpaired) electrons. The van der Waals surface area contributed by atoms with Gasteiger partial charge < -0.3 is 15.0 Å². The molecule has 1 atom stereocenters. The molecule has 1 aromatic carbocycles. The molecule has 1 aliphatic heterocycles. The average Bonchev–Trinajstić information content (AvgIpc) is 3.11. The Morgan fingerprint density at radius 1 is 1.21 bits per heavy atom. The van der Waals surface area contributed by atoms with Gasteiger partial charge in [-0.25, -0.2) is 0 Å². The maximum atomic E-state index is 12.6. The van der Waals surface area contributed by atoms with E-state index in [1.54, 1.807) is 4.90 Å². The summed E-state index contributed by atoms with van der Waals surface area (Å²) in [7, 11) is 0. The maximum Gasteiger partial charge on any atom is 0.258 e. The second-order valence-corrected chi connectivity index (χ2v) is 10.0. The minimum atomic E-state index is -0.0455. The lowest BCUT2D eigenvalue weighted by Crippen LogP contribution is -2.56. The van der Waals surface area contributed by atoms with Gasteiger partial charge in [-0.15, -0.1) is 0 Å². The van der Waals surface area contributed by atoms with Gasteiger partial charge >= 0.3 is 0 Å². The number of benzene rings is 1. The average molecular weight is 397 g/mol. The van der Waals surface area contributed by atoms with Crippen LogP contribution in [0.4, 0.5) is 5.69 Å². The van der Waals surface area contributed by atoms with Crippen molar-refractivity contribution in [1.29, 1.82) is 0 Å². The minimum absolute atomic E-state index is 0.0219. The van der Waals surface area contributed by atoms with Crippen LogP contribution in [-0.4, -0.2) is 31.0 Å². The first kappa shape index (κ1) is 19.0. The second-order valence-electron chi connectivity index (χ2n) is 10.0. The fourth-order valence-corrected chi connectivity index (χ4v) is 6.96. The van der Waals surface area contributed by atoms with E-state index < -0.39 is 0 Å². The van der Waals surface area contributed by atoms with Crippen molar-refractivity contribution in [3.63, 3.8) is 0 Å². The van der Waals surface area contributed by atoms with Gasteiger partial charge in [-0.3, -0.25) is 9.59 Å². The number of amides is 2. The molecule has 5 nitrogen and oxygen atoms in total. The fourth-order valence-electron chi connectivity index (χ4n) is 6.96. The van der Waals surface area contributed by atoms with Crippen LogP contribution in [0.2, 0.25) is 0 Å². The van der Waals surface area contributed by atoms with Gasteiger partial charge in [0.2, 0.25) is 5.91 Å². The third-order valence-corrected chi connectivity index (χ3v) is 7.95. The summed E-state index contributed by atoms with van der Waals surface area (Å²) in [4.78, 5) is 26.4. The van der Waals surface area contributed by atoms with Crippen molar-refractivity contribution in [3.05, 3.63) is 24.3 Å². The number of hydrogen-bond donors (Lipinski definition) is 1. The predicted octanol–water partition coefficient (Wildman–Crippen LogP) is 3.91. The number of nitrogens with zero attached hydrogens (tertiary/aromatic N) is 1. The van der Waals surface area contributed by atoms with Crippen molar-refractivity contribution >= 4 is 17.5 Å². The third-order valence-electron chi connectivity index (χ3n) is 7.95. The molecule has 4 bridgehead atoms. The summed E-state index contributed by atoms with van der Waals surface area (Å²) >= 11 is 0. The quantitative estimate of drug-likeness (QED) is 0.793. The van der Waals surface area contributed by atoms with E-state index in [1.165, 1.54) is 38.5 Å². The summed E-state index contributed by atoms with van der Waals surface area (Å²) in [5.74, 6) is 3.40. The number of anilines is 1. The summed E-state index contributed by atoms with van der Waals surface area (Å²) in [6.07, 6.45) is 9.61. The monoisotopic (exact) mass is 396 g/mol. The SMILES string of the molecule is CC(NC(=O)COc1cccc(N2CCCC2=O)c1)C12CC3CC(CC(C3)C1)C2. The van der Waals surface area contributed by atoms with Crippen LogP contribution in [0.1, 0.15) is 58.3 Å². The molecule has 0 aromatic heterocycles. The second kappa shape index (κ2) is 7.33. The molecule has 156 valence electrons. The van der Waals surface area contributed by atoms with E-state index in [0.717, 1.165) is 36.4 Å². The zero-order valence-electron chi connectivity index (χ0n) is 17.4. The van der Waals surface area contributed by atoms with Gasteiger partial charge in [0.15, 0.2) is 6.61 Å². The van der Waals surface area contributed by atoms with Crippen LogP contribution >= 0.6 is 0 Å². The number of hydrogen-bond acceptors (Lipinski definition) is 3. The van der Waals surface area contributed by atoms with E-state index in [9.17, 15) is 9.59 Å². The minimum Gasteiger partial charge on any atom is -0.484 e. The topological polar surface area (TPSA) is 58.6 Å². The lowest BCUT2D eigenvalue weighted by Gasteiger charge is -2.59. The van der Waals surface area contributed by atoms with Gasteiger partial charge in [0.25, 0.3) is 5.91 Å². The Labute approximate surface area is 173 Å². The Morgan fingerprint density at radius 3 is 2.52 bits per heavy atom. The molecule has 0 spiro atoms. The number of ether oxygens (including phenoxy) is 1. The van der Waals surface area contributed by atoms with Crippen molar-refractivity contribution in [2.75, 3.05) is 18.1 Å². The zero-order valence-corrected chi connectivity index (χ0v) is 17.4.